The molecule has 0 spiro atoms. The number of fused-ring (bicyclic) bond motifs is 1. The van der Waals surface area contributed by atoms with E-state index in [2.05, 4.69) is 15.3 Å². The summed E-state index contributed by atoms with van der Waals surface area (Å²) in [7, 11) is 0. The summed E-state index contributed by atoms with van der Waals surface area (Å²) in [5, 5.41) is 3.80. The van der Waals surface area contributed by atoms with Gasteiger partial charge in [0.05, 0.1) is 17.0 Å². The number of esters is 1. The maximum atomic E-state index is 12.7. The van der Waals surface area contributed by atoms with E-state index in [9.17, 15) is 9.59 Å². The number of benzene rings is 1. The number of thiophene rings is 1. The molecule has 7 heteroatoms. The van der Waals surface area contributed by atoms with Crippen molar-refractivity contribution in [3.8, 4) is 0 Å². The van der Waals surface area contributed by atoms with Crippen molar-refractivity contribution in [2.75, 3.05) is 11.9 Å². The van der Waals surface area contributed by atoms with Crippen LogP contribution in [0.5, 0.6) is 0 Å². The second-order valence-corrected chi connectivity index (χ2v) is 6.84. The van der Waals surface area contributed by atoms with Crippen LogP contribution in [0.25, 0.3) is 10.2 Å². The van der Waals surface area contributed by atoms with Crippen molar-refractivity contribution in [2.45, 2.75) is 27.7 Å². The molecule has 3 aromatic rings. The number of hydrogen-bond acceptors (Lipinski definition) is 6. The summed E-state index contributed by atoms with van der Waals surface area (Å²) in [6, 6.07) is 6.62. The summed E-state index contributed by atoms with van der Waals surface area (Å²) >= 11 is 1.36. The van der Waals surface area contributed by atoms with Crippen LogP contribution in [0, 0.1) is 20.8 Å². The van der Waals surface area contributed by atoms with E-state index in [1.54, 1.807) is 31.2 Å². The van der Waals surface area contributed by atoms with Gasteiger partial charge in [-0.15, -0.1) is 11.3 Å². The molecule has 134 valence electrons. The van der Waals surface area contributed by atoms with Gasteiger partial charge in [0, 0.05) is 16.8 Å². The van der Waals surface area contributed by atoms with Gasteiger partial charge in [0.1, 0.15) is 10.7 Å². The zero-order chi connectivity index (χ0) is 18.8. The van der Waals surface area contributed by atoms with Crippen LogP contribution in [-0.2, 0) is 4.74 Å². The van der Waals surface area contributed by atoms with E-state index in [-0.39, 0.29) is 11.9 Å². The zero-order valence-corrected chi connectivity index (χ0v) is 15.9. The normalized spacial score (nSPS) is 10.8. The molecule has 1 aromatic carbocycles. The van der Waals surface area contributed by atoms with Crippen LogP contribution >= 0.6 is 11.3 Å². The maximum Gasteiger partial charge on any atom is 0.338 e. The molecule has 0 saturated carbocycles. The fourth-order valence-electron chi connectivity index (χ4n) is 2.78. The van der Waals surface area contributed by atoms with Crippen LogP contribution in [0.15, 0.2) is 24.3 Å². The van der Waals surface area contributed by atoms with Gasteiger partial charge >= 0.3 is 5.97 Å². The van der Waals surface area contributed by atoms with Crippen LogP contribution in [0.3, 0.4) is 0 Å². The summed E-state index contributed by atoms with van der Waals surface area (Å²) in [5.74, 6) is 0.111. The van der Waals surface area contributed by atoms with E-state index in [1.165, 1.54) is 11.3 Å². The fraction of sp³-hybridized carbons (Fsp3) is 0.263. The molecular weight excluding hydrogens is 350 g/mol. The molecular formula is C19H19N3O3S. The van der Waals surface area contributed by atoms with Crippen LogP contribution in [0.4, 0.5) is 5.69 Å². The van der Waals surface area contributed by atoms with Gasteiger partial charge < -0.3 is 10.1 Å². The van der Waals surface area contributed by atoms with Gasteiger partial charge in [-0.3, -0.25) is 4.79 Å². The molecule has 2 aromatic heterocycles. The fourth-order valence-corrected chi connectivity index (χ4v) is 3.96. The third-order valence-corrected chi connectivity index (χ3v) is 5.13. The molecule has 0 aliphatic carbocycles. The Hall–Kier alpha value is -2.80. The quantitative estimate of drug-likeness (QED) is 0.702. The second-order valence-electron chi connectivity index (χ2n) is 5.84. The Balaban J connectivity index is 1.84. The van der Waals surface area contributed by atoms with Gasteiger partial charge in [-0.2, -0.15) is 0 Å². The van der Waals surface area contributed by atoms with Crippen molar-refractivity contribution in [3.63, 3.8) is 0 Å². The van der Waals surface area contributed by atoms with Crippen molar-refractivity contribution in [1.29, 1.82) is 0 Å². The number of carbonyl (C=O) groups excluding carboxylic acids is 2. The lowest BCUT2D eigenvalue weighted by atomic mass is 10.1. The highest BCUT2D eigenvalue weighted by Gasteiger charge is 2.19. The number of nitrogens with one attached hydrogen (secondary N) is 1. The second kappa shape index (κ2) is 7.21. The number of amides is 1. The van der Waals surface area contributed by atoms with E-state index in [0.29, 0.717) is 28.6 Å². The number of nitrogens with zero attached hydrogens (tertiary/aromatic N) is 2. The Labute approximate surface area is 155 Å². The van der Waals surface area contributed by atoms with Crippen molar-refractivity contribution < 1.29 is 14.3 Å². The monoisotopic (exact) mass is 369 g/mol. The van der Waals surface area contributed by atoms with Gasteiger partial charge in [0.25, 0.3) is 5.91 Å². The molecule has 0 bridgehead atoms. The van der Waals surface area contributed by atoms with Crippen LogP contribution < -0.4 is 5.32 Å². The molecule has 1 amide bonds. The van der Waals surface area contributed by atoms with E-state index < -0.39 is 0 Å². The van der Waals surface area contributed by atoms with E-state index in [1.807, 2.05) is 20.8 Å². The molecule has 0 saturated heterocycles. The topological polar surface area (TPSA) is 81.2 Å². The standard InChI is InChI=1S/C19H19N3O3S/c1-5-25-19(24)13-6-8-14(9-7-13)22-17(23)16-10(2)15-11(3)20-12(4)21-18(15)26-16/h6-9H,5H2,1-4H3,(H,22,23). The molecule has 0 aliphatic rings. The summed E-state index contributed by atoms with van der Waals surface area (Å²) < 4.78 is 4.95. The van der Waals surface area contributed by atoms with Gasteiger partial charge in [-0.1, -0.05) is 0 Å². The average Bonchev–Trinajstić information content (AvgIpc) is 2.92. The highest BCUT2D eigenvalue weighted by molar-refractivity contribution is 7.20. The average molecular weight is 369 g/mol. The first-order valence-corrected chi connectivity index (χ1v) is 9.05. The molecule has 0 unspecified atom stereocenters. The number of ether oxygens (including phenoxy) is 1. The number of anilines is 1. The van der Waals surface area contributed by atoms with Crippen LogP contribution in [0.1, 0.15) is 44.0 Å². The highest BCUT2D eigenvalue weighted by atomic mass is 32.1. The third-order valence-electron chi connectivity index (χ3n) is 3.94. The number of hydrogen-bond donors (Lipinski definition) is 1. The number of rotatable bonds is 4. The first-order valence-electron chi connectivity index (χ1n) is 8.23. The SMILES string of the molecule is CCOC(=O)c1ccc(NC(=O)c2sc3nc(C)nc(C)c3c2C)cc1. The molecule has 1 N–H and O–H groups in total. The molecule has 0 atom stereocenters. The molecule has 26 heavy (non-hydrogen) atoms. The van der Waals surface area contributed by atoms with Gasteiger partial charge in [0.15, 0.2) is 0 Å². The predicted octanol–water partition coefficient (Wildman–Crippen LogP) is 4.05. The first-order chi connectivity index (χ1) is 12.4. The van der Waals surface area contributed by atoms with Crippen LogP contribution in [0.2, 0.25) is 0 Å². The summed E-state index contributed by atoms with van der Waals surface area (Å²) in [4.78, 5) is 34.6. The lowest BCUT2D eigenvalue weighted by Crippen LogP contribution is -2.11. The predicted molar refractivity (Wildman–Crippen MR) is 102 cm³/mol. The first kappa shape index (κ1) is 18.0. The lowest BCUT2D eigenvalue weighted by molar-refractivity contribution is 0.0526. The third kappa shape index (κ3) is 3.43. The molecule has 2 heterocycles. The zero-order valence-electron chi connectivity index (χ0n) is 15.0. The smallest absolute Gasteiger partial charge is 0.338 e. The van der Waals surface area contributed by atoms with Crippen molar-refractivity contribution in [2.24, 2.45) is 0 Å². The molecule has 3 rings (SSSR count). The largest absolute Gasteiger partial charge is 0.462 e. The highest BCUT2D eigenvalue weighted by Crippen LogP contribution is 2.31. The van der Waals surface area contributed by atoms with E-state index in [4.69, 9.17) is 4.74 Å². The summed E-state index contributed by atoms with van der Waals surface area (Å²) in [6.07, 6.45) is 0. The van der Waals surface area contributed by atoms with Crippen LogP contribution in [-0.4, -0.2) is 28.5 Å². The number of aryl methyl sites for hydroxylation is 3. The molecule has 6 nitrogen and oxygen atoms in total. The number of carbonyl (C=O) groups is 2. The minimum Gasteiger partial charge on any atom is -0.462 e. The Kier molecular flexibility index (Phi) is 4.99. The van der Waals surface area contributed by atoms with Gasteiger partial charge in [0.2, 0.25) is 0 Å². The Bertz CT molecular complexity index is 993. The minimum absolute atomic E-state index is 0.202. The minimum atomic E-state index is -0.379. The molecule has 0 aliphatic heterocycles. The van der Waals surface area contributed by atoms with E-state index >= 15 is 0 Å². The van der Waals surface area contributed by atoms with Crippen molar-refractivity contribution >= 4 is 39.1 Å². The summed E-state index contributed by atoms with van der Waals surface area (Å²) in [5.41, 5.74) is 2.81. The van der Waals surface area contributed by atoms with E-state index in [0.717, 1.165) is 21.5 Å². The Morgan fingerprint density at radius 2 is 1.81 bits per heavy atom. The maximum absolute atomic E-state index is 12.7. The van der Waals surface area contributed by atoms with Crippen molar-refractivity contribution in [3.05, 3.63) is 51.8 Å². The van der Waals surface area contributed by atoms with Gasteiger partial charge in [-0.25, -0.2) is 14.8 Å². The van der Waals surface area contributed by atoms with Crippen molar-refractivity contribution in [1.82, 2.24) is 9.97 Å². The van der Waals surface area contributed by atoms with Gasteiger partial charge in [-0.05, 0) is 57.5 Å². The Morgan fingerprint density at radius 1 is 1.12 bits per heavy atom. The molecule has 0 fully saturated rings. The summed E-state index contributed by atoms with van der Waals surface area (Å²) in [6.45, 7) is 7.75. The number of aromatic nitrogens is 2. The Morgan fingerprint density at radius 3 is 2.46 bits per heavy atom. The lowest BCUT2D eigenvalue weighted by Gasteiger charge is -2.06. The molecule has 0 radical (unpaired) electrons.